The molecule has 0 saturated carbocycles. The number of sulfone groups is 1. The molecule has 2 aromatic rings. The molecule has 126 valence electrons. The molecular weight excluding hydrogens is 332 g/mol. The Morgan fingerprint density at radius 2 is 1.96 bits per heavy atom. The van der Waals surface area contributed by atoms with Crippen molar-refractivity contribution in [1.29, 1.82) is 0 Å². The maximum Gasteiger partial charge on any atom is 0.293 e. The lowest BCUT2D eigenvalue weighted by atomic mass is 10.1. The van der Waals surface area contributed by atoms with Gasteiger partial charge in [-0.25, -0.2) is 8.42 Å². The van der Waals surface area contributed by atoms with Crippen LogP contribution in [0.25, 0.3) is 0 Å². The van der Waals surface area contributed by atoms with E-state index >= 15 is 0 Å². The molecule has 8 heteroatoms. The van der Waals surface area contributed by atoms with Crippen LogP contribution in [-0.2, 0) is 16.3 Å². The van der Waals surface area contributed by atoms with Crippen LogP contribution >= 0.6 is 0 Å². The molecule has 0 amide bonds. The van der Waals surface area contributed by atoms with Gasteiger partial charge in [-0.3, -0.25) is 10.1 Å². The van der Waals surface area contributed by atoms with Crippen LogP contribution in [0.3, 0.4) is 0 Å². The van der Waals surface area contributed by atoms with Gasteiger partial charge in [-0.1, -0.05) is 24.3 Å². The molecule has 2 aromatic carbocycles. The van der Waals surface area contributed by atoms with Gasteiger partial charge in [0.1, 0.15) is 5.69 Å². The molecule has 2 N–H and O–H groups in total. The number of aliphatic hydroxyl groups is 1. The second-order valence-corrected chi connectivity index (χ2v) is 7.82. The Balaban J connectivity index is 2.00. The minimum atomic E-state index is -3.54. The van der Waals surface area contributed by atoms with Crippen molar-refractivity contribution in [3.8, 4) is 0 Å². The highest BCUT2D eigenvalue weighted by Gasteiger charge is 2.32. The number of hydrogen-bond donors (Lipinski definition) is 2. The molecule has 3 rings (SSSR count). The number of nitrogens with one attached hydrogen (secondary N) is 1. The molecule has 0 aromatic heterocycles. The van der Waals surface area contributed by atoms with Crippen LogP contribution in [0.1, 0.15) is 17.2 Å². The molecule has 0 unspecified atom stereocenters. The predicted molar refractivity (Wildman–Crippen MR) is 88.7 cm³/mol. The van der Waals surface area contributed by atoms with Gasteiger partial charge in [0.15, 0.2) is 9.84 Å². The molecule has 24 heavy (non-hydrogen) atoms. The zero-order chi connectivity index (χ0) is 17.5. The van der Waals surface area contributed by atoms with Gasteiger partial charge in [0.2, 0.25) is 0 Å². The molecule has 1 aliphatic carbocycles. The van der Waals surface area contributed by atoms with Gasteiger partial charge < -0.3 is 10.4 Å². The van der Waals surface area contributed by atoms with Crippen LogP contribution in [0.5, 0.6) is 0 Å². The van der Waals surface area contributed by atoms with E-state index < -0.39 is 26.9 Å². The lowest BCUT2D eigenvalue weighted by Crippen LogP contribution is -2.21. The van der Waals surface area contributed by atoms with Gasteiger partial charge in [-0.05, 0) is 23.3 Å². The molecule has 7 nitrogen and oxygen atoms in total. The van der Waals surface area contributed by atoms with Gasteiger partial charge in [-0.2, -0.15) is 0 Å². The van der Waals surface area contributed by atoms with Gasteiger partial charge in [0.05, 0.1) is 22.0 Å². The molecule has 0 fully saturated rings. The molecule has 0 saturated heterocycles. The molecule has 2 atom stereocenters. The first-order valence-corrected chi connectivity index (χ1v) is 9.17. The second kappa shape index (κ2) is 5.88. The van der Waals surface area contributed by atoms with Gasteiger partial charge in [0.25, 0.3) is 5.69 Å². The monoisotopic (exact) mass is 348 g/mol. The zero-order valence-electron chi connectivity index (χ0n) is 12.8. The van der Waals surface area contributed by atoms with Crippen LogP contribution in [0, 0.1) is 10.1 Å². The fourth-order valence-corrected chi connectivity index (χ4v) is 3.57. The van der Waals surface area contributed by atoms with Gasteiger partial charge in [0, 0.05) is 18.7 Å². The summed E-state index contributed by atoms with van der Waals surface area (Å²) < 4.78 is 23.2. The van der Waals surface area contributed by atoms with Crippen molar-refractivity contribution < 1.29 is 18.4 Å². The molecule has 0 spiro atoms. The summed E-state index contributed by atoms with van der Waals surface area (Å²) in [4.78, 5) is 10.6. The minimum absolute atomic E-state index is 0.118. The number of anilines is 1. The first kappa shape index (κ1) is 16.4. The Bertz CT molecular complexity index is 910. The third kappa shape index (κ3) is 2.98. The Hall–Kier alpha value is -2.45. The predicted octanol–water partition coefficient (Wildman–Crippen LogP) is 2.07. The highest BCUT2D eigenvalue weighted by atomic mass is 32.2. The number of fused-ring (bicyclic) bond motifs is 1. The Morgan fingerprint density at radius 1 is 1.25 bits per heavy atom. The summed E-state index contributed by atoms with van der Waals surface area (Å²) in [7, 11) is -3.54. The highest BCUT2D eigenvalue weighted by Crippen LogP contribution is 2.37. The summed E-state index contributed by atoms with van der Waals surface area (Å²) in [6.07, 6.45) is 0.746. The third-order valence-electron chi connectivity index (χ3n) is 4.11. The summed E-state index contributed by atoms with van der Waals surface area (Å²) in [5.41, 5.74) is 1.70. The Kier molecular flexibility index (Phi) is 4.02. The highest BCUT2D eigenvalue weighted by molar-refractivity contribution is 7.90. The van der Waals surface area contributed by atoms with Crippen LogP contribution in [0.4, 0.5) is 11.4 Å². The van der Waals surface area contributed by atoms with Crippen molar-refractivity contribution in [3.63, 3.8) is 0 Å². The summed E-state index contributed by atoms with van der Waals surface area (Å²) in [5, 5.41) is 24.6. The summed E-state index contributed by atoms with van der Waals surface area (Å²) in [6, 6.07) is 10.7. The van der Waals surface area contributed by atoms with Crippen molar-refractivity contribution in [1.82, 2.24) is 0 Å². The molecule has 0 radical (unpaired) electrons. The number of nitrogens with zero attached hydrogens (tertiary/aromatic N) is 1. The molecule has 0 aliphatic heterocycles. The van der Waals surface area contributed by atoms with Gasteiger partial charge >= 0.3 is 0 Å². The average Bonchev–Trinajstić information content (AvgIpc) is 2.82. The van der Waals surface area contributed by atoms with E-state index in [1.54, 1.807) is 0 Å². The number of hydrogen-bond acceptors (Lipinski definition) is 6. The largest absolute Gasteiger partial charge is 0.390 e. The maximum absolute atomic E-state index is 11.6. The fraction of sp³-hybridized carbons (Fsp3) is 0.250. The van der Waals surface area contributed by atoms with Crippen molar-refractivity contribution in [2.75, 3.05) is 11.6 Å². The topological polar surface area (TPSA) is 110 Å². The smallest absolute Gasteiger partial charge is 0.293 e. The van der Waals surface area contributed by atoms with E-state index in [0.29, 0.717) is 6.42 Å². The quantitative estimate of drug-likeness (QED) is 0.646. The van der Waals surface area contributed by atoms with Gasteiger partial charge in [-0.15, -0.1) is 0 Å². The maximum atomic E-state index is 11.6. The average molecular weight is 348 g/mol. The number of benzene rings is 2. The van der Waals surface area contributed by atoms with E-state index in [1.807, 2.05) is 24.3 Å². The second-order valence-electron chi connectivity index (χ2n) is 5.80. The minimum Gasteiger partial charge on any atom is -0.390 e. The number of rotatable bonds is 4. The van der Waals surface area contributed by atoms with E-state index in [1.165, 1.54) is 12.1 Å². The van der Waals surface area contributed by atoms with Crippen LogP contribution in [0.2, 0.25) is 0 Å². The number of nitro groups is 1. The molecular formula is C16H16N2O5S. The first-order chi connectivity index (χ1) is 11.3. The van der Waals surface area contributed by atoms with Crippen molar-refractivity contribution in [2.45, 2.75) is 23.5 Å². The van der Waals surface area contributed by atoms with E-state index in [0.717, 1.165) is 23.4 Å². The van der Waals surface area contributed by atoms with Crippen molar-refractivity contribution in [3.05, 3.63) is 63.7 Å². The molecule has 0 bridgehead atoms. The van der Waals surface area contributed by atoms with Crippen molar-refractivity contribution >= 4 is 21.2 Å². The van der Waals surface area contributed by atoms with E-state index in [4.69, 9.17) is 0 Å². The van der Waals surface area contributed by atoms with E-state index in [-0.39, 0.29) is 16.3 Å². The van der Waals surface area contributed by atoms with Crippen LogP contribution in [-0.4, -0.2) is 30.8 Å². The summed E-state index contributed by atoms with van der Waals surface area (Å²) in [5.74, 6) is 0. The summed E-state index contributed by atoms with van der Waals surface area (Å²) in [6.45, 7) is 0. The SMILES string of the molecule is CS(=O)(=O)c1ccc(N[C@@H]2c3ccccc3C[C@@H]2O)c([N+](=O)[O-])c1. The van der Waals surface area contributed by atoms with Crippen molar-refractivity contribution in [2.24, 2.45) is 0 Å². The van der Waals surface area contributed by atoms with Crippen LogP contribution < -0.4 is 5.32 Å². The lowest BCUT2D eigenvalue weighted by Gasteiger charge is -2.19. The zero-order valence-corrected chi connectivity index (χ0v) is 13.7. The third-order valence-corrected chi connectivity index (χ3v) is 5.22. The normalized spacial score (nSPS) is 19.8. The van der Waals surface area contributed by atoms with Crippen LogP contribution in [0.15, 0.2) is 47.4 Å². The first-order valence-electron chi connectivity index (χ1n) is 7.28. The molecule has 1 aliphatic rings. The standard InChI is InChI=1S/C16H16N2O5S/c1-24(22,23)11-6-7-13(14(9-11)18(20)21)17-16-12-5-3-2-4-10(12)8-15(16)19/h2-7,9,15-17,19H,8H2,1H3/t15-,16+/m0/s1. The number of aliphatic hydroxyl groups excluding tert-OH is 1. The number of nitro benzene ring substituents is 1. The molecule has 0 heterocycles. The lowest BCUT2D eigenvalue weighted by molar-refractivity contribution is -0.384. The Morgan fingerprint density at radius 3 is 2.62 bits per heavy atom. The fourth-order valence-electron chi connectivity index (χ4n) is 2.93. The van der Waals surface area contributed by atoms with E-state index in [9.17, 15) is 23.6 Å². The summed E-state index contributed by atoms with van der Waals surface area (Å²) >= 11 is 0. The Labute approximate surface area is 139 Å². The van der Waals surface area contributed by atoms with E-state index in [2.05, 4.69) is 5.32 Å².